The number of carbonyl (C=O) groups is 2. The molecule has 29 heavy (non-hydrogen) atoms. The van der Waals surface area contributed by atoms with Gasteiger partial charge in [-0.05, 0) is 36.2 Å². The van der Waals surface area contributed by atoms with Crippen molar-refractivity contribution in [2.75, 3.05) is 25.1 Å². The predicted molar refractivity (Wildman–Crippen MR) is 111 cm³/mol. The van der Waals surface area contributed by atoms with E-state index < -0.39 is 0 Å². The Morgan fingerprint density at radius 3 is 2.66 bits per heavy atom. The fourth-order valence-electron chi connectivity index (χ4n) is 3.72. The van der Waals surface area contributed by atoms with Crippen LogP contribution in [0.3, 0.4) is 0 Å². The highest BCUT2D eigenvalue weighted by atomic mass is 16.5. The van der Waals surface area contributed by atoms with Gasteiger partial charge >= 0.3 is 0 Å². The summed E-state index contributed by atoms with van der Waals surface area (Å²) >= 11 is 0. The molecule has 1 aliphatic rings. The number of piperazine rings is 1. The second-order valence-electron chi connectivity index (χ2n) is 7.07. The van der Waals surface area contributed by atoms with Gasteiger partial charge in [0.1, 0.15) is 18.0 Å². The summed E-state index contributed by atoms with van der Waals surface area (Å²) in [5.41, 5.74) is 2.40. The normalized spacial score (nSPS) is 16.7. The van der Waals surface area contributed by atoms with Gasteiger partial charge in [0.05, 0.1) is 13.2 Å². The SMILES string of the molecule is COc1cccc(N2C[C@@H](Cc3ccccc3)N(C(=O)c3ccc[nH]3)CC2=O)c1. The number of aromatic amines is 1. The number of carbonyl (C=O) groups excluding carboxylic acids is 2. The molecule has 1 aromatic heterocycles. The molecule has 2 aromatic carbocycles. The van der Waals surface area contributed by atoms with Gasteiger partial charge in [-0.1, -0.05) is 36.4 Å². The van der Waals surface area contributed by atoms with Crippen molar-refractivity contribution >= 4 is 17.5 Å². The minimum Gasteiger partial charge on any atom is -0.497 e. The average Bonchev–Trinajstić information content (AvgIpc) is 3.30. The highest BCUT2D eigenvalue weighted by Crippen LogP contribution is 2.26. The Bertz CT molecular complexity index is 986. The van der Waals surface area contributed by atoms with Crippen molar-refractivity contribution in [1.82, 2.24) is 9.88 Å². The van der Waals surface area contributed by atoms with Crippen molar-refractivity contribution in [3.8, 4) is 5.75 Å². The molecule has 0 spiro atoms. The summed E-state index contributed by atoms with van der Waals surface area (Å²) in [5.74, 6) is 0.428. The van der Waals surface area contributed by atoms with E-state index in [4.69, 9.17) is 4.74 Å². The Morgan fingerprint density at radius 2 is 1.93 bits per heavy atom. The van der Waals surface area contributed by atoms with E-state index in [-0.39, 0.29) is 24.4 Å². The number of methoxy groups -OCH3 is 1. The molecule has 2 amide bonds. The van der Waals surface area contributed by atoms with E-state index in [2.05, 4.69) is 4.98 Å². The lowest BCUT2D eigenvalue weighted by atomic mass is 10.0. The van der Waals surface area contributed by atoms with Crippen LogP contribution in [0.5, 0.6) is 5.75 Å². The van der Waals surface area contributed by atoms with Crippen LogP contribution in [-0.4, -0.2) is 47.9 Å². The van der Waals surface area contributed by atoms with E-state index in [1.54, 1.807) is 35.2 Å². The third kappa shape index (κ3) is 4.01. The first-order valence-corrected chi connectivity index (χ1v) is 9.58. The molecule has 0 radical (unpaired) electrons. The Hall–Kier alpha value is -3.54. The molecule has 4 rings (SSSR count). The maximum Gasteiger partial charge on any atom is 0.271 e. The molecule has 1 fully saturated rings. The van der Waals surface area contributed by atoms with Crippen LogP contribution in [0.15, 0.2) is 72.9 Å². The lowest BCUT2D eigenvalue weighted by Gasteiger charge is -2.41. The molecule has 0 saturated carbocycles. The third-order valence-electron chi connectivity index (χ3n) is 5.21. The summed E-state index contributed by atoms with van der Waals surface area (Å²) in [7, 11) is 1.60. The number of aromatic nitrogens is 1. The summed E-state index contributed by atoms with van der Waals surface area (Å²) in [6, 6.07) is 20.9. The Morgan fingerprint density at radius 1 is 1.10 bits per heavy atom. The van der Waals surface area contributed by atoms with Crippen LogP contribution in [0.2, 0.25) is 0 Å². The molecule has 1 N–H and O–H groups in total. The quantitative estimate of drug-likeness (QED) is 0.729. The van der Waals surface area contributed by atoms with Gasteiger partial charge in [-0.2, -0.15) is 0 Å². The van der Waals surface area contributed by atoms with Gasteiger partial charge in [-0.15, -0.1) is 0 Å². The Kier molecular flexibility index (Phi) is 5.33. The number of benzene rings is 2. The van der Waals surface area contributed by atoms with Crippen molar-refractivity contribution in [1.29, 1.82) is 0 Å². The van der Waals surface area contributed by atoms with E-state index in [1.807, 2.05) is 54.6 Å². The number of rotatable bonds is 5. The van der Waals surface area contributed by atoms with Crippen LogP contribution in [-0.2, 0) is 11.2 Å². The number of H-pyrrole nitrogens is 1. The van der Waals surface area contributed by atoms with E-state index in [1.165, 1.54) is 0 Å². The summed E-state index contributed by atoms with van der Waals surface area (Å²) < 4.78 is 5.31. The standard InChI is InChI=1S/C23H23N3O3/c1-29-20-10-5-9-18(14-20)25-15-19(13-17-7-3-2-4-8-17)26(16-22(25)27)23(28)21-11-6-12-24-21/h2-12,14,19,24H,13,15-16H2,1H3/t19-/m1/s1. The van der Waals surface area contributed by atoms with E-state index >= 15 is 0 Å². The van der Waals surface area contributed by atoms with Crippen LogP contribution in [0.1, 0.15) is 16.1 Å². The number of nitrogens with one attached hydrogen (secondary N) is 1. The van der Waals surface area contributed by atoms with Gasteiger partial charge < -0.3 is 19.5 Å². The Balaban J connectivity index is 1.64. The molecule has 0 bridgehead atoms. The molecule has 0 aliphatic carbocycles. The minimum absolute atomic E-state index is 0.0343. The van der Waals surface area contributed by atoms with Crippen LogP contribution in [0.4, 0.5) is 5.69 Å². The van der Waals surface area contributed by atoms with Gasteiger partial charge in [0.2, 0.25) is 5.91 Å². The first kappa shape index (κ1) is 18.8. The van der Waals surface area contributed by atoms with E-state index in [0.29, 0.717) is 24.4 Å². The van der Waals surface area contributed by atoms with Crippen molar-refractivity contribution in [3.63, 3.8) is 0 Å². The van der Waals surface area contributed by atoms with E-state index in [0.717, 1.165) is 11.3 Å². The van der Waals surface area contributed by atoms with Crippen LogP contribution >= 0.6 is 0 Å². The summed E-state index contributed by atoms with van der Waals surface area (Å²) in [5, 5.41) is 0. The zero-order valence-electron chi connectivity index (χ0n) is 16.2. The van der Waals surface area contributed by atoms with Gasteiger partial charge in [-0.3, -0.25) is 9.59 Å². The number of hydrogen-bond donors (Lipinski definition) is 1. The van der Waals surface area contributed by atoms with Gasteiger partial charge in [-0.25, -0.2) is 0 Å². The van der Waals surface area contributed by atoms with Crippen LogP contribution in [0.25, 0.3) is 0 Å². The molecule has 1 atom stereocenters. The molecule has 1 aliphatic heterocycles. The van der Waals surface area contributed by atoms with Crippen molar-refractivity contribution in [2.24, 2.45) is 0 Å². The largest absolute Gasteiger partial charge is 0.497 e. The first-order chi connectivity index (χ1) is 14.2. The smallest absolute Gasteiger partial charge is 0.271 e. The fourth-order valence-corrected chi connectivity index (χ4v) is 3.72. The molecule has 3 aromatic rings. The summed E-state index contributed by atoms with van der Waals surface area (Å²) in [6.45, 7) is 0.458. The molecule has 2 heterocycles. The molecule has 148 valence electrons. The number of ether oxygens (including phenoxy) is 1. The first-order valence-electron chi connectivity index (χ1n) is 9.58. The zero-order chi connectivity index (χ0) is 20.2. The van der Waals surface area contributed by atoms with Gasteiger partial charge in [0, 0.05) is 24.5 Å². The Labute approximate surface area is 169 Å². The highest BCUT2D eigenvalue weighted by Gasteiger charge is 2.36. The van der Waals surface area contributed by atoms with Gasteiger partial charge in [0.15, 0.2) is 0 Å². The molecule has 0 unspecified atom stereocenters. The van der Waals surface area contributed by atoms with Crippen molar-refractivity contribution in [3.05, 3.63) is 84.2 Å². The summed E-state index contributed by atoms with van der Waals surface area (Å²) in [4.78, 5) is 32.4. The van der Waals surface area contributed by atoms with Crippen LogP contribution in [0, 0.1) is 0 Å². The minimum atomic E-state index is -0.158. The van der Waals surface area contributed by atoms with Crippen molar-refractivity contribution in [2.45, 2.75) is 12.5 Å². The van der Waals surface area contributed by atoms with Crippen molar-refractivity contribution < 1.29 is 14.3 Å². The number of amides is 2. The van der Waals surface area contributed by atoms with E-state index in [9.17, 15) is 9.59 Å². The molecule has 6 heteroatoms. The maximum absolute atomic E-state index is 13.1. The van der Waals surface area contributed by atoms with Gasteiger partial charge in [0.25, 0.3) is 5.91 Å². The number of hydrogen-bond acceptors (Lipinski definition) is 3. The number of nitrogens with zero attached hydrogens (tertiary/aromatic N) is 2. The number of anilines is 1. The third-order valence-corrected chi connectivity index (χ3v) is 5.21. The zero-order valence-corrected chi connectivity index (χ0v) is 16.2. The second kappa shape index (κ2) is 8.22. The maximum atomic E-state index is 13.1. The molecular weight excluding hydrogens is 366 g/mol. The topological polar surface area (TPSA) is 65.6 Å². The lowest BCUT2D eigenvalue weighted by Crippen LogP contribution is -2.59. The van der Waals surface area contributed by atoms with Crippen LogP contribution < -0.4 is 9.64 Å². The fraction of sp³-hybridized carbons (Fsp3) is 0.217. The summed E-state index contributed by atoms with van der Waals surface area (Å²) in [6.07, 6.45) is 2.38. The molecular formula is C23H23N3O3. The monoisotopic (exact) mass is 389 g/mol. The molecule has 1 saturated heterocycles. The predicted octanol–water partition coefficient (Wildman–Crippen LogP) is 3.12. The highest BCUT2D eigenvalue weighted by molar-refractivity contribution is 6.01. The molecule has 6 nitrogen and oxygen atoms in total. The average molecular weight is 389 g/mol. The lowest BCUT2D eigenvalue weighted by molar-refractivity contribution is -0.121. The second-order valence-corrected chi connectivity index (χ2v) is 7.07.